The highest BCUT2D eigenvalue weighted by molar-refractivity contribution is 6.32. The highest BCUT2D eigenvalue weighted by atomic mass is 35.5. The Bertz CT molecular complexity index is 776. The van der Waals surface area contributed by atoms with Crippen molar-refractivity contribution in [3.63, 3.8) is 0 Å². The zero-order valence-corrected chi connectivity index (χ0v) is 12.4. The molecular weight excluding hydrogens is 285 g/mol. The lowest BCUT2D eigenvalue weighted by Gasteiger charge is -2.12. The molecule has 0 aliphatic heterocycles. The number of hydrogen-bond acceptors (Lipinski definition) is 0. The minimum absolute atomic E-state index is 0.164. The van der Waals surface area contributed by atoms with E-state index in [2.05, 4.69) is 0 Å². The van der Waals surface area contributed by atoms with Crippen molar-refractivity contribution >= 4 is 11.6 Å². The van der Waals surface area contributed by atoms with Gasteiger partial charge in [-0.05, 0) is 48.4 Å². The molecule has 0 radical (unpaired) electrons. The second-order valence-corrected chi connectivity index (χ2v) is 5.43. The average Bonchev–Trinajstić information content (AvgIpc) is 2.92. The van der Waals surface area contributed by atoms with Gasteiger partial charge >= 0.3 is 0 Å². The van der Waals surface area contributed by atoms with E-state index in [1.54, 1.807) is 6.07 Å². The predicted octanol–water partition coefficient (Wildman–Crippen LogP) is 5.17. The molecule has 21 heavy (non-hydrogen) atoms. The van der Waals surface area contributed by atoms with E-state index < -0.39 is 0 Å². The van der Waals surface area contributed by atoms with Gasteiger partial charge in [0.15, 0.2) is 0 Å². The molecule has 0 unspecified atom stereocenters. The lowest BCUT2D eigenvalue weighted by molar-refractivity contribution is 0.616. The van der Waals surface area contributed by atoms with Crippen LogP contribution in [0.3, 0.4) is 0 Å². The number of aromatic nitrogens is 1. The van der Waals surface area contributed by atoms with Gasteiger partial charge in [-0.3, -0.25) is 0 Å². The van der Waals surface area contributed by atoms with Crippen molar-refractivity contribution in [3.05, 3.63) is 88.5 Å². The van der Waals surface area contributed by atoms with Crippen LogP contribution in [0.15, 0.2) is 60.8 Å². The van der Waals surface area contributed by atoms with E-state index in [1.165, 1.54) is 6.07 Å². The van der Waals surface area contributed by atoms with Crippen molar-refractivity contribution in [2.75, 3.05) is 0 Å². The SMILES string of the molecule is Cc1c(F)cccc1Cc1cccn1-c1ccccc1Cl. The van der Waals surface area contributed by atoms with E-state index in [1.807, 2.05) is 60.2 Å². The molecular formula is C18H15ClFN. The predicted molar refractivity (Wildman–Crippen MR) is 84.7 cm³/mol. The zero-order valence-electron chi connectivity index (χ0n) is 11.7. The van der Waals surface area contributed by atoms with Gasteiger partial charge in [-0.2, -0.15) is 0 Å². The van der Waals surface area contributed by atoms with Crippen LogP contribution in [0.5, 0.6) is 0 Å². The number of halogens is 2. The molecule has 0 saturated carbocycles. The Morgan fingerprint density at radius 1 is 1.00 bits per heavy atom. The van der Waals surface area contributed by atoms with Crippen LogP contribution in [0.25, 0.3) is 5.69 Å². The molecule has 0 amide bonds. The summed E-state index contributed by atoms with van der Waals surface area (Å²) < 4.78 is 15.7. The van der Waals surface area contributed by atoms with Gasteiger partial charge in [0.2, 0.25) is 0 Å². The molecule has 0 aliphatic carbocycles. The Balaban J connectivity index is 2.01. The maximum atomic E-state index is 13.7. The summed E-state index contributed by atoms with van der Waals surface area (Å²) in [5.41, 5.74) is 3.71. The minimum Gasteiger partial charge on any atom is -0.319 e. The molecule has 0 saturated heterocycles. The fraction of sp³-hybridized carbons (Fsp3) is 0.111. The van der Waals surface area contributed by atoms with E-state index in [4.69, 9.17) is 11.6 Å². The summed E-state index contributed by atoms with van der Waals surface area (Å²) in [4.78, 5) is 0. The monoisotopic (exact) mass is 299 g/mol. The molecule has 3 aromatic rings. The van der Waals surface area contributed by atoms with Crippen LogP contribution in [0.4, 0.5) is 4.39 Å². The molecule has 3 rings (SSSR count). The molecule has 0 N–H and O–H groups in total. The Morgan fingerprint density at radius 2 is 1.81 bits per heavy atom. The Hall–Kier alpha value is -2.06. The quantitative estimate of drug-likeness (QED) is 0.629. The molecule has 0 aliphatic rings. The van der Waals surface area contributed by atoms with E-state index in [0.717, 1.165) is 16.9 Å². The number of para-hydroxylation sites is 1. The summed E-state index contributed by atoms with van der Waals surface area (Å²) in [7, 11) is 0. The molecule has 3 heteroatoms. The molecule has 0 spiro atoms. The van der Waals surface area contributed by atoms with Gasteiger partial charge in [0.1, 0.15) is 5.82 Å². The first kappa shape index (κ1) is 13.9. The van der Waals surface area contributed by atoms with Crippen LogP contribution in [0, 0.1) is 12.7 Å². The third kappa shape index (κ3) is 2.72. The Kier molecular flexibility index (Phi) is 3.80. The van der Waals surface area contributed by atoms with Gasteiger partial charge in [-0.1, -0.05) is 35.9 Å². The van der Waals surface area contributed by atoms with Crippen molar-refractivity contribution in [1.29, 1.82) is 0 Å². The molecule has 2 aromatic carbocycles. The normalized spacial score (nSPS) is 10.8. The van der Waals surface area contributed by atoms with Crippen LogP contribution >= 0.6 is 11.6 Å². The van der Waals surface area contributed by atoms with Crippen molar-refractivity contribution < 1.29 is 4.39 Å². The van der Waals surface area contributed by atoms with E-state index >= 15 is 0 Å². The van der Waals surface area contributed by atoms with Crippen LogP contribution in [-0.2, 0) is 6.42 Å². The summed E-state index contributed by atoms with van der Waals surface area (Å²) >= 11 is 6.27. The van der Waals surface area contributed by atoms with Crippen LogP contribution < -0.4 is 0 Å². The second-order valence-electron chi connectivity index (χ2n) is 5.02. The molecule has 1 nitrogen and oxygen atoms in total. The third-order valence-corrected chi connectivity index (χ3v) is 4.02. The number of benzene rings is 2. The fourth-order valence-corrected chi connectivity index (χ4v) is 2.71. The number of rotatable bonds is 3. The Morgan fingerprint density at radius 3 is 2.62 bits per heavy atom. The first-order chi connectivity index (χ1) is 10.2. The maximum Gasteiger partial charge on any atom is 0.126 e. The summed E-state index contributed by atoms with van der Waals surface area (Å²) in [6, 6.07) is 16.9. The van der Waals surface area contributed by atoms with Gasteiger partial charge < -0.3 is 4.57 Å². The fourth-order valence-electron chi connectivity index (χ4n) is 2.48. The summed E-state index contributed by atoms with van der Waals surface area (Å²) in [6.07, 6.45) is 2.65. The second kappa shape index (κ2) is 5.74. The van der Waals surface area contributed by atoms with Crippen LogP contribution in [0.2, 0.25) is 5.02 Å². The highest BCUT2D eigenvalue weighted by Gasteiger charge is 2.10. The first-order valence-electron chi connectivity index (χ1n) is 6.82. The van der Waals surface area contributed by atoms with Gasteiger partial charge in [-0.15, -0.1) is 0 Å². The molecule has 1 heterocycles. The summed E-state index contributed by atoms with van der Waals surface area (Å²) in [6.45, 7) is 1.81. The zero-order chi connectivity index (χ0) is 14.8. The van der Waals surface area contributed by atoms with Crippen LogP contribution in [-0.4, -0.2) is 4.57 Å². The van der Waals surface area contributed by atoms with Gasteiger partial charge in [0.25, 0.3) is 0 Å². The van der Waals surface area contributed by atoms with E-state index in [-0.39, 0.29) is 5.82 Å². The highest BCUT2D eigenvalue weighted by Crippen LogP contribution is 2.24. The van der Waals surface area contributed by atoms with Gasteiger partial charge in [-0.25, -0.2) is 4.39 Å². The molecule has 0 fully saturated rings. The van der Waals surface area contributed by atoms with Crippen molar-refractivity contribution in [1.82, 2.24) is 4.57 Å². The lowest BCUT2D eigenvalue weighted by Crippen LogP contribution is -2.02. The summed E-state index contributed by atoms with van der Waals surface area (Å²) in [5.74, 6) is -0.164. The first-order valence-corrected chi connectivity index (χ1v) is 7.20. The lowest BCUT2D eigenvalue weighted by atomic mass is 10.0. The number of hydrogen-bond donors (Lipinski definition) is 0. The standard InChI is InChI=1S/C18H15ClFN/c1-13-14(6-4-9-17(13)20)12-15-7-5-11-21(15)18-10-3-2-8-16(18)19/h2-11H,12H2,1H3. The van der Waals surface area contributed by atoms with E-state index in [9.17, 15) is 4.39 Å². The summed E-state index contributed by atoms with van der Waals surface area (Å²) in [5, 5.41) is 0.700. The largest absolute Gasteiger partial charge is 0.319 e. The molecule has 106 valence electrons. The van der Waals surface area contributed by atoms with Crippen molar-refractivity contribution in [3.8, 4) is 5.69 Å². The van der Waals surface area contributed by atoms with Gasteiger partial charge in [0, 0.05) is 18.3 Å². The van der Waals surface area contributed by atoms with Gasteiger partial charge in [0.05, 0.1) is 10.7 Å². The molecule has 0 bridgehead atoms. The van der Waals surface area contributed by atoms with E-state index in [0.29, 0.717) is 17.0 Å². The average molecular weight is 300 g/mol. The Labute approximate surface area is 128 Å². The third-order valence-electron chi connectivity index (χ3n) is 3.70. The maximum absolute atomic E-state index is 13.7. The van der Waals surface area contributed by atoms with Crippen molar-refractivity contribution in [2.45, 2.75) is 13.3 Å². The molecule has 0 atom stereocenters. The smallest absolute Gasteiger partial charge is 0.126 e. The van der Waals surface area contributed by atoms with Crippen LogP contribution in [0.1, 0.15) is 16.8 Å². The number of nitrogens with zero attached hydrogens (tertiary/aromatic N) is 1. The molecule has 1 aromatic heterocycles. The minimum atomic E-state index is -0.164. The topological polar surface area (TPSA) is 4.93 Å². The van der Waals surface area contributed by atoms with Crippen molar-refractivity contribution in [2.24, 2.45) is 0 Å².